The number of carbonyl (C=O) groups is 1. The number of fused-ring (bicyclic) bond motifs is 4. The smallest absolute Gasteiger partial charge is 0.224 e. The summed E-state index contributed by atoms with van der Waals surface area (Å²) in [4.78, 5) is 21.5. The molecule has 0 N–H and O–H groups in total. The number of ether oxygens (including phenoxy) is 1. The van der Waals surface area contributed by atoms with Crippen LogP contribution >= 0.6 is 0 Å². The maximum absolute atomic E-state index is 12.8. The van der Waals surface area contributed by atoms with E-state index in [0.717, 1.165) is 43.9 Å². The molecule has 0 unspecified atom stereocenters. The van der Waals surface area contributed by atoms with E-state index in [2.05, 4.69) is 27.6 Å². The topological polar surface area (TPSA) is 50.6 Å². The standard InChI is InChI=1S/C18H24N4O2/c1-20-8-14-9-22(10-15(20)12-24-11-14)18(23)6-7-21-13-19-16-4-2-3-5-17(16)21/h2-5,13-15H,6-12H2,1H3/t14-,15+/m1/s1. The predicted octanol–water partition coefficient (Wildman–Crippen LogP) is 1.22. The SMILES string of the molecule is CN1C[C@H]2COC[C@@H]1CN(C(=O)CCn1cnc3ccccc31)C2. The van der Waals surface area contributed by atoms with Gasteiger partial charge in [0, 0.05) is 38.5 Å². The van der Waals surface area contributed by atoms with Gasteiger partial charge in [0.2, 0.25) is 5.91 Å². The highest BCUT2D eigenvalue weighted by molar-refractivity contribution is 5.77. The number of aromatic nitrogens is 2. The van der Waals surface area contributed by atoms with Gasteiger partial charge in [0.25, 0.3) is 0 Å². The summed E-state index contributed by atoms with van der Waals surface area (Å²) >= 11 is 0. The average molecular weight is 328 g/mol. The zero-order valence-corrected chi connectivity index (χ0v) is 14.1. The first-order valence-corrected chi connectivity index (χ1v) is 8.66. The third kappa shape index (κ3) is 3.03. The molecule has 0 aliphatic carbocycles. The molecule has 2 atom stereocenters. The van der Waals surface area contributed by atoms with Gasteiger partial charge in [-0.25, -0.2) is 4.98 Å². The van der Waals surface area contributed by atoms with Gasteiger partial charge in [-0.2, -0.15) is 0 Å². The molecule has 3 heterocycles. The summed E-state index contributed by atoms with van der Waals surface area (Å²) in [5.41, 5.74) is 2.07. The van der Waals surface area contributed by atoms with Crippen molar-refractivity contribution >= 4 is 16.9 Å². The molecule has 4 rings (SSSR count). The van der Waals surface area contributed by atoms with Crippen molar-refractivity contribution in [2.24, 2.45) is 5.92 Å². The number of hydrogen-bond acceptors (Lipinski definition) is 4. The van der Waals surface area contributed by atoms with Gasteiger partial charge >= 0.3 is 0 Å². The van der Waals surface area contributed by atoms with E-state index in [1.165, 1.54) is 0 Å². The lowest BCUT2D eigenvalue weighted by atomic mass is 10.1. The van der Waals surface area contributed by atoms with E-state index in [-0.39, 0.29) is 5.91 Å². The number of nitrogens with zero attached hydrogens (tertiary/aromatic N) is 4. The van der Waals surface area contributed by atoms with Crippen LogP contribution in [0.15, 0.2) is 30.6 Å². The second kappa shape index (κ2) is 6.53. The third-order valence-corrected chi connectivity index (χ3v) is 5.19. The minimum Gasteiger partial charge on any atom is -0.379 e. The number of para-hydroxylation sites is 2. The molecule has 6 heteroatoms. The molecule has 0 radical (unpaired) electrons. The van der Waals surface area contributed by atoms with Crippen molar-refractivity contribution in [2.45, 2.75) is 19.0 Å². The Bertz CT molecular complexity index is 729. The number of hydrogen-bond donors (Lipinski definition) is 0. The Balaban J connectivity index is 1.42. The van der Waals surface area contributed by atoms with Crippen molar-refractivity contribution in [2.75, 3.05) is 39.9 Å². The van der Waals surface area contributed by atoms with Crippen LogP contribution in [0.4, 0.5) is 0 Å². The summed E-state index contributed by atoms with van der Waals surface area (Å²) in [5.74, 6) is 0.653. The number of amides is 1. The Morgan fingerprint density at radius 1 is 1.25 bits per heavy atom. The lowest BCUT2D eigenvalue weighted by molar-refractivity contribution is -0.133. The quantitative estimate of drug-likeness (QED) is 0.850. The lowest BCUT2D eigenvalue weighted by Gasteiger charge is -2.29. The van der Waals surface area contributed by atoms with Crippen LogP contribution in [0, 0.1) is 5.92 Å². The van der Waals surface area contributed by atoms with Crippen LogP contribution < -0.4 is 0 Å². The zero-order chi connectivity index (χ0) is 16.5. The van der Waals surface area contributed by atoms with E-state index in [9.17, 15) is 4.79 Å². The largest absolute Gasteiger partial charge is 0.379 e. The number of imidazole rings is 1. The van der Waals surface area contributed by atoms with E-state index in [1.54, 1.807) is 0 Å². The third-order valence-electron chi connectivity index (χ3n) is 5.19. The summed E-state index contributed by atoms with van der Waals surface area (Å²) in [5, 5.41) is 0. The van der Waals surface area contributed by atoms with Crippen LogP contribution in [-0.4, -0.2) is 71.2 Å². The number of likely N-dealkylation sites (N-methyl/N-ethyl adjacent to an activating group) is 1. The Kier molecular flexibility index (Phi) is 4.24. The van der Waals surface area contributed by atoms with Crippen LogP contribution in [0.3, 0.4) is 0 Å². The molecule has 1 aromatic carbocycles. The number of benzene rings is 1. The zero-order valence-electron chi connectivity index (χ0n) is 14.1. The molecule has 2 aromatic rings. The monoisotopic (exact) mass is 328 g/mol. The van der Waals surface area contributed by atoms with Gasteiger partial charge in [0.15, 0.2) is 0 Å². The highest BCUT2D eigenvalue weighted by atomic mass is 16.5. The molecule has 2 saturated heterocycles. The molecule has 0 saturated carbocycles. The van der Waals surface area contributed by atoms with Crippen LogP contribution in [0.25, 0.3) is 11.0 Å². The number of aryl methyl sites for hydroxylation is 1. The molecule has 1 aromatic heterocycles. The predicted molar refractivity (Wildman–Crippen MR) is 91.7 cm³/mol. The molecule has 24 heavy (non-hydrogen) atoms. The van der Waals surface area contributed by atoms with Crippen molar-refractivity contribution in [3.05, 3.63) is 30.6 Å². The molecular formula is C18H24N4O2. The molecule has 6 nitrogen and oxygen atoms in total. The van der Waals surface area contributed by atoms with E-state index >= 15 is 0 Å². The molecular weight excluding hydrogens is 304 g/mol. The highest BCUT2D eigenvalue weighted by Crippen LogP contribution is 2.19. The molecule has 2 aliphatic heterocycles. The van der Waals surface area contributed by atoms with E-state index < -0.39 is 0 Å². The Morgan fingerprint density at radius 2 is 2.12 bits per heavy atom. The fraction of sp³-hybridized carbons (Fsp3) is 0.556. The number of carbonyl (C=O) groups excluding carboxylic acids is 1. The first kappa shape index (κ1) is 15.6. The first-order valence-electron chi connectivity index (χ1n) is 8.66. The molecule has 1 amide bonds. The summed E-state index contributed by atoms with van der Waals surface area (Å²) in [6.45, 7) is 4.76. The normalized spacial score (nSPS) is 25.0. The molecule has 2 aliphatic rings. The van der Waals surface area contributed by atoms with Crippen molar-refractivity contribution in [1.82, 2.24) is 19.4 Å². The fourth-order valence-corrected chi connectivity index (χ4v) is 3.82. The second-order valence-electron chi connectivity index (χ2n) is 6.97. The van der Waals surface area contributed by atoms with E-state index in [4.69, 9.17) is 4.74 Å². The Labute approximate surface area is 142 Å². The maximum Gasteiger partial charge on any atom is 0.224 e. The molecule has 128 valence electrons. The summed E-state index contributed by atoms with van der Waals surface area (Å²) in [6, 6.07) is 8.36. The van der Waals surface area contributed by atoms with Gasteiger partial charge in [-0.3, -0.25) is 9.69 Å². The first-order chi connectivity index (χ1) is 11.7. The fourth-order valence-electron chi connectivity index (χ4n) is 3.82. The van der Waals surface area contributed by atoms with E-state index in [0.29, 0.717) is 24.9 Å². The summed E-state index contributed by atoms with van der Waals surface area (Å²) in [6.07, 6.45) is 2.35. The highest BCUT2D eigenvalue weighted by Gasteiger charge is 2.33. The van der Waals surface area contributed by atoms with E-state index in [1.807, 2.05) is 29.4 Å². The van der Waals surface area contributed by atoms with Gasteiger partial charge in [-0.1, -0.05) is 12.1 Å². The van der Waals surface area contributed by atoms with Crippen molar-refractivity contribution < 1.29 is 9.53 Å². The molecule has 2 fully saturated rings. The van der Waals surface area contributed by atoms with Gasteiger partial charge in [0.1, 0.15) is 0 Å². The average Bonchev–Trinajstić information content (AvgIpc) is 2.80. The molecule has 2 bridgehead atoms. The van der Waals surface area contributed by atoms with Crippen LogP contribution in [0.2, 0.25) is 0 Å². The summed E-state index contributed by atoms with van der Waals surface area (Å²) < 4.78 is 7.81. The Morgan fingerprint density at radius 3 is 3.04 bits per heavy atom. The maximum atomic E-state index is 12.8. The van der Waals surface area contributed by atoms with Gasteiger partial charge < -0.3 is 14.2 Å². The van der Waals surface area contributed by atoms with Gasteiger partial charge in [-0.15, -0.1) is 0 Å². The van der Waals surface area contributed by atoms with Crippen molar-refractivity contribution in [3.8, 4) is 0 Å². The minimum absolute atomic E-state index is 0.236. The van der Waals surface area contributed by atoms with Gasteiger partial charge in [0.05, 0.1) is 36.6 Å². The number of rotatable bonds is 3. The van der Waals surface area contributed by atoms with Crippen LogP contribution in [0.1, 0.15) is 6.42 Å². The molecule has 0 spiro atoms. The van der Waals surface area contributed by atoms with Crippen LogP contribution in [-0.2, 0) is 16.1 Å². The minimum atomic E-state index is 0.236. The Hall–Kier alpha value is -1.92. The van der Waals surface area contributed by atoms with Crippen molar-refractivity contribution in [1.29, 1.82) is 0 Å². The van der Waals surface area contributed by atoms with Crippen LogP contribution in [0.5, 0.6) is 0 Å². The lowest BCUT2D eigenvalue weighted by Crippen LogP contribution is -2.44. The van der Waals surface area contributed by atoms with Gasteiger partial charge in [-0.05, 0) is 19.2 Å². The summed E-state index contributed by atoms with van der Waals surface area (Å²) in [7, 11) is 2.14. The second-order valence-corrected chi connectivity index (χ2v) is 6.97. The van der Waals surface area contributed by atoms with Crippen molar-refractivity contribution in [3.63, 3.8) is 0 Å².